The first-order valence-corrected chi connectivity index (χ1v) is 31.1. The minimum atomic E-state index is -1.58. The lowest BCUT2D eigenvalue weighted by Gasteiger charge is -2.40. The summed E-state index contributed by atoms with van der Waals surface area (Å²) in [6.45, 7) is 4.18. The number of aliphatic hydroxyl groups excluding tert-OH is 5. The Morgan fingerprint density at radius 2 is 0.907 bits per heavy atom. The van der Waals surface area contributed by atoms with Gasteiger partial charge in [-0.1, -0.05) is 229 Å². The minimum absolute atomic E-state index is 0.0596. The first-order valence-electron chi connectivity index (χ1n) is 31.1. The third-order valence-corrected chi connectivity index (χ3v) is 14.3. The molecule has 11 nitrogen and oxygen atoms in total. The number of carbonyl (C=O) groups excluding carboxylic acids is 2. The maximum absolute atomic E-state index is 13.0. The van der Waals surface area contributed by atoms with Crippen molar-refractivity contribution in [2.45, 2.75) is 314 Å². The van der Waals surface area contributed by atoms with Crippen LogP contribution in [-0.2, 0) is 23.8 Å². The third-order valence-electron chi connectivity index (χ3n) is 14.3. The lowest BCUT2D eigenvalue weighted by molar-refractivity contribution is -0.302. The van der Waals surface area contributed by atoms with Crippen LogP contribution in [0.4, 0.5) is 0 Å². The van der Waals surface area contributed by atoms with Gasteiger partial charge >= 0.3 is 5.97 Å². The average Bonchev–Trinajstić information content (AvgIpc) is 3.41. The van der Waals surface area contributed by atoms with Crippen LogP contribution >= 0.6 is 0 Å². The second kappa shape index (κ2) is 53.4. The van der Waals surface area contributed by atoms with E-state index in [1.165, 1.54) is 167 Å². The molecule has 7 unspecified atom stereocenters. The molecule has 0 aliphatic carbocycles. The van der Waals surface area contributed by atoms with Gasteiger partial charge in [-0.15, -0.1) is 0 Å². The summed E-state index contributed by atoms with van der Waals surface area (Å²) in [7, 11) is 0. The van der Waals surface area contributed by atoms with Gasteiger partial charge in [-0.3, -0.25) is 9.59 Å². The van der Waals surface area contributed by atoms with Crippen molar-refractivity contribution >= 4 is 11.9 Å². The summed E-state index contributed by atoms with van der Waals surface area (Å²) in [5.74, 6) is -0.257. The van der Waals surface area contributed by atoms with Gasteiger partial charge in [0.15, 0.2) is 6.29 Å². The highest BCUT2D eigenvalue weighted by atomic mass is 16.7. The van der Waals surface area contributed by atoms with Crippen LogP contribution in [0.15, 0.2) is 60.8 Å². The van der Waals surface area contributed by atoms with Crippen LogP contribution in [0.25, 0.3) is 0 Å². The number of allylic oxidation sites excluding steroid dienone is 8. The molecule has 1 aliphatic heterocycles. The van der Waals surface area contributed by atoms with Crippen molar-refractivity contribution in [1.29, 1.82) is 0 Å². The Morgan fingerprint density at radius 3 is 1.43 bits per heavy atom. The van der Waals surface area contributed by atoms with Crippen LogP contribution in [0.1, 0.15) is 271 Å². The molecule has 0 aromatic rings. The second-order valence-corrected chi connectivity index (χ2v) is 21.4. The molecule has 1 amide bonds. The number of aliphatic hydroxyl groups is 5. The molecule has 11 heteroatoms. The van der Waals surface area contributed by atoms with Gasteiger partial charge in [-0.2, -0.15) is 0 Å². The number of hydrogen-bond donors (Lipinski definition) is 6. The Kier molecular flexibility index (Phi) is 50.1. The maximum Gasteiger partial charge on any atom is 0.305 e. The highest BCUT2D eigenvalue weighted by molar-refractivity contribution is 5.76. The van der Waals surface area contributed by atoms with Crippen molar-refractivity contribution in [3.8, 4) is 0 Å². The number of nitrogens with one attached hydrogen (secondary N) is 1. The van der Waals surface area contributed by atoms with Gasteiger partial charge in [-0.05, 0) is 89.9 Å². The highest BCUT2D eigenvalue weighted by Crippen LogP contribution is 2.23. The van der Waals surface area contributed by atoms with E-state index in [-0.39, 0.29) is 18.5 Å². The molecule has 0 aromatic carbocycles. The number of ether oxygens (including phenoxy) is 3. The summed E-state index contributed by atoms with van der Waals surface area (Å²) >= 11 is 0. The largest absolute Gasteiger partial charge is 0.465 e. The maximum atomic E-state index is 13.0. The van der Waals surface area contributed by atoms with Gasteiger partial charge in [0.2, 0.25) is 5.91 Å². The molecule has 1 fully saturated rings. The zero-order valence-electron chi connectivity index (χ0n) is 48.0. The van der Waals surface area contributed by atoms with Crippen molar-refractivity contribution in [3.05, 3.63) is 60.8 Å². The Labute approximate surface area is 458 Å². The number of amides is 1. The predicted octanol–water partition coefficient (Wildman–Crippen LogP) is 14.6. The van der Waals surface area contributed by atoms with Gasteiger partial charge in [0.25, 0.3) is 0 Å². The quantitative estimate of drug-likeness (QED) is 0.0195. The van der Waals surface area contributed by atoms with E-state index in [9.17, 15) is 35.1 Å². The van der Waals surface area contributed by atoms with Gasteiger partial charge in [0, 0.05) is 12.8 Å². The molecule has 6 N–H and O–H groups in total. The fraction of sp³-hybridized carbons (Fsp3) is 0.812. The van der Waals surface area contributed by atoms with Crippen molar-refractivity contribution in [2.75, 3.05) is 19.8 Å². The normalized spacial score (nSPS) is 19.2. The number of unbranched alkanes of at least 4 members (excludes halogenated alkanes) is 31. The second-order valence-electron chi connectivity index (χ2n) is 21.4. The molecule has 1 saturated heterocycles. The molecular weight excluding hydrogens is 943 g/mol. The van der Waals surface area contributed by atoms with E-state index in [4.69, 9.17) is 14.2 Å². The smallest absolute Gasteiger partial charge is 0.305 e. The monoisotopic (exact) mass is 1060 g/mol. The Bertz CT molecular complexity index is 1430. The van der Waals surface area contributed by atoms with Crippen LogP contribution in [0.5, 0.6) is 0 Å². The van der Waals surface area contributed by atoms with Crippen molar-refractivity contribution < 1.29 is 49.3 Å². The first kappa shape index (κ1) is 70.4. The Balaban J connectivity index is 2.11. The Hall–Kier alpha value is -2.64. The molecule has 0 spiro atoms. The standard InChI is InChI=1S/C64H115NO10/c1-3-5-7-9-11-13-15-17-27-30-34-38-42-46-50-57(67)56(55-74-64-63(72)62(71)61(70)58(54-66)75-64)65-59(68)51-47-43-39-35-31-28-25-23-21-19-18-20-22-24-26-29-33-37-41-45-49-53-73-60(69)52-48-44-40-36-32-16-14-12-10-8-6-4-2/h12,14,29-30,33-34,41,45-46,50,56-58,61-64,66-67,70-72H,3-11,13,15-28,31-32,35-40,42-44,47-49,51-55H2,1-2H3,(H,65,68)/b14-12-,33-29-,34-30+,45-41-,50-46+. The lowest BCUT2D eigenvalue weighted by Crippen LogP contribution is -2.60. The molecule has 7 atom stereocenters. The van der Waals surface area contributed by atoms with E-state index in [2.05, 4.69) is 67.8 Å². The summed E-state index contributed by atoms with van der Waals surface area (Å²) in [4.78, 5) is 25.0. The van der Waals surface area contributed by atoms with Crippen molar-refractivity contribution in [1.82, 2.24) is 5.32 Å². The number of hydrogen-bond acceptors (Lipinski definition) is 10. The summed E-state index contributed by atoms with van der Waals surface area (Å²) in [5, 5.41) is 54.4. The molecule has 0 radical (unpaired) electrons. The molecular formula is C64H115NO10. The minimum Gasteiger partial charge on any atom is -0.465 e. The lowest BCUT2D eigenvalue weighted by atomic mass is 9.99. The molecule has 1 rings (SSSR count). The van der Waals surface area contributed by atoms with Crippen LogP contribution < -0.4 is 5.32 Å². The van der Waals surface area contributed by atoms with Crippen LogP contribution in [0.2, 0.25) is 0 Å². The summed E-state index contributed by atoms with van der Waals surface area (Å²) in [6.07, 6.45) is 59.0. The van der Waals surface area contributed by atoms with Crippen LogP contribution in [0, 0.1) is 0 Å². The summed E-state index contributed by atoms with van der Waals surface area (Å²) in [6, 6.07) is -0.833. The van der Waals surface area contributed by atoms with Crippen LogP contribution in [-0.4, -0.2) is 100 Å². The van der Waals surface area contributed by atoms with E-state index < -0.39 is 49.5 Å². The zero-order valence-corrected chi connectivity index (χ0v) is 48.0. The Morgan fingerprint density at radius 1 is 0.493 bits per heavy atom. The number of esters is 1. The van der Waals surface area contributed by atoms with E-state index in [1.54, 1.807) is 6.08 Å². The average molecular weight is 1060 g/mol. The molecule has 436 valence electrons. The number of carbonyl (C=O) groups is 2. The van der Waals surface area contributed by atoms with Gasteiger partial charge in [0.1, 0.15) is 24.4 Å². The van der Waals surface area contributed by atoms with Gasteiger partial charge < -0.3 is 45.1 Å². The molecule has 1 heterocycles. The van der Waals surface area contributed by atoms with E-state index in [0.717, 1.165) is 77.0 Å². The zero-order chi connectivity index (χ0) is 54.5. The molecule has 1 aliphatic rings. The van der Waals surface area contributed by atoms with E-state index in [1.807, 2.05) is 6.08 Å². The number of rotatable bonds is 53. The van der Waals surface area contributed by atoms with Gasteiger partial charge in [0.05, 0.1) is 32.0 Å². The first-order chi connectivity index (χ1) is 36.7. The van der Waals surface area contributed by atoms with Gasteiger partial charge in [-0.25, -0.2) is 0 Å². The molecule has 0 aromatic heterocycles. The molecule has 0 saturated carbocycles. The fourth-order valence-corrected chi connectivity index (χ4v) is 9.40. The third kappa shape index (κ3) is 43.0. The van der Waals surface area contributed by atoms with Crippen molar-refractivity contribution in [3.63, 3.8) is 0 Å². The highest BCUT2D eigenvalue weighted by Gasteiger charge is 2.44. The summed E-state index contributed by atoms with van der Waals surface area (Å²) in [5.41, 5.74) is 0. The summed E-state index contributed by atoms with van der Waals surface area (Å²) < 4.78 is 16.6. The molecule has 0 bridgehead atoms. The van der Waals surface area contributed by atoms with E-state index in [0.29, 0.717) is 19.4 Å². The van der Waals surface area contributed by atoms with Crippen LogP contribution in [0.3, 0.4) is 0 Å². The fourth-order valence-electron chi connectivity index (χ4n) is 9.40. The SMILES string of the molecule is CCCCC/C=C\CCCCCCCC(=O)OCC/C=C\C/C=C\CCCCCCCCCCCCCCCCC(=O)NC(COC1OC(CO)C(O)C(O)C1O)C(O)/C=C/CC/C=C/CCCCCCCCCC. The topological polar surface area (TPSA) is 175 Å². The van der Waals surface area contributed by atoms with E-state index >= 15 is 0 Å². The predicted molar refractivity (Wildman–Crippen MR) is 310 cm³/mol. The van der Waals surface area contributed by atoms with Crippen molar-refractivity contribution in [2.24, 2.45) is 0 Å². The molecule has 75 heavy (non-hydrogen) atoms.